The number of nitrogens with zero attached hydrogens (tertiary/aromatic N) is 4. The van der Waals surface area contributed by atoms with Crippen LogP contribution in [0, 0.1) is 0 Å². The number of hydrogen-bond donors (Lipinski definition) is 2. The number of aryl methyl sites for hydroxylation is 1. The van der Waals surface area contributed by atoms with Crippen LogP contribution in [0.15, 0.2) is 29.1 Å². The van der Waals surface area contributed by atoms with Crippen LogP contribution >= 0.6 is 0 Å². The number of piperidine rings is 1. The Morgan fingerprint density at radius 1 is 1.32 bits per heavy atom. The Kier molecular flexibility index (Phi) is 6.05. The van der Waals surface area contributed by atoms with Gasteiger partial charge in [-0.1, -0.05) is 6.42 Å². The van der Waals surface area contributed by atoms with Crippen molar-refractivity contribution in [1.29, 1.82) is 0 Å². The molecule has 0 aliphatic carbocycles. The van der Waals surface area contributed by atoms with E-state index in [1.165, 1.54) is 19.3 Å². The summed E-state index contributed by atoms with van der Waals surface area (Å²) in [7, 11) is 0. The van der Waals surface area contributed by atoms with Gasteiger partial charge in [0, 0.05) is 13.1 Å². The van der Waals surface area contributed by atoms with Gasteiger partial charge in [-0.25, -0.2) is 4.79 Å². The molecule has 0 bridgehead atoms. The zero-order valence-electron chi connectivity index (χ0n) is 14.6. The lowest BCUT2D eigenvalue weighted by atomic mass is 10.1. The minimum Gasteiger partial charge on any atom is -0.468 e. The fourth-order valence-corrected chi connectivity index (χ4v) is 3.21. The average molecular weight is 346 g/mol. The third kappa shape index (κ3) is 4.60. The molecule has 1 unspecified atom stereocenters. The van der Waals surface area contributed by atoms with Crippen molar-refractivity contribution in [3.8, 4) is 0 Å². The second-order valence-electron chi connectivity index (χ2n) is 6.22. The Morgan fingerprint density at radius 3 is 2.88 bits per heavy atom. The number of urea groups is 1. The van der Waals surface area contributed by atoms with Crippen LogP contribution in [0.2, 0.25) is 0 Å². The highest BCUT2D eigenvalue weighted by Gasteiger charge is 2.24. The van der Waals surface area contributed by atoms with Crippen molar-refractivity contribution >= 4 is 6.03 Å². The minimum atomic E-state index is -0.209. The summed E-state index contributed by atoms with van der Waals surface area (Å²) in [6.07, 6.45) is 7.00. The Hall–Kier alpha value is -2.35. The molecule has 0 radical (unpaired) electrons. The maximum atomic E-state index is 12.2. The average Bonchev–Trinajstić information content (AvgIpc) is 3.32. The van der Waals surface area contributed by atoms with E-state index in [0.717, 1.165) is 31.2 Å². The van der Waals surface area contributed by atoms with E-state index in [-0.39, 0.29) is 12.1 Å². The Labute approximate surface area is 147 Å². The minimum absolute atomic E-state index is 0.0698. The SMILES string of the molecule is CCn1cnnc1CNC(=O)NCC(c1ccco1)N1CCCCC1. The van der Waals surface area contributed by atoms with Gasteiger partial charge in [-0.3, -0.25) is 4.90 Å². The Bertz CT molecular complexity index is 648. The fraction of sp³-hybridized carbons (Fsp3) is 0.588. The van der Waals surface area contributed by atoms with E-state index in [0.29, 0.717) is 13.1 Å². The van der Waals surface area contributed by atoms with E-state index in [1.807, 2.05) is 23.6 Å². The van der Waals surface area contributed by atoms with Crippen molar-refractivity contribution in [2.75, 3.05) is 19.6 Å². The summed E-state index contributed by atoms with van der Waals surface area (Å²) in [5.41, 5.74) is 0. The molecule has 8 heteroatoms. The molecule has 2 N–H and O–H groups in total. The molecule has 1 aliphatic heterocycles. The summed E-state index contributed by atoms with van der Waals surface area (Å²) in [5.74, 6) is 1.64. The molecule has 2 aromatic rings. The largest absolute Gasteiger partial charge is 0.468 e. The molecule has 3 rings (SSSR count). The van der Waals surface area contributed by atoms with Crippen molar-refractivity contribution in [1.82, 2.24) is 30.3 Å². The summed E-state index contributed by atoms with van der Waals surface area (Å²) >= 11 is 0. The van der Waals surface area contributed by atoms with Crippen LogP contribution < -0.4 is 10.6 Å². The third-order valence-electron chi connectivity index (χ3n) is 4.60. The second-order valence-corrected chi connectivity index (χ2v) is 6.22. The highest BCUT2D eigenvalue weighted by molar-refractivity contribution is 5.73. The number of furan rings is 1. The first-order valence-electron chi connectivity index (χ1n) is 8.93. The molecule has 3 heterocycles. The topological polar surface area (TPSA) is 88.2 Å². The molecular weight excluding hydrogens is 320 g/mol. The van der Waals surface area contributed by atoms with Crippen molar-refractivity contribution < 1.29 is 9.21 Å². The number of amides is 2. The molecule has 136 valence electrons. The Balaban J connectivity index is 1.52. The summed E-state index contributed by atoms with van der Waals surface area (Å²) in [6, 6.07) is 3.73. The fourth-order valence-electron chi connectivity index (χ4n) is 3.21. The van der Waals surface area contributed by atoms with Crippen LogP contribution in [0.1, 0.15) is 43.8 Å². The van der Waals surface area contributed by atoms with Crippen LogP contribution in [-0.2, 0) is 13.1 Å². The highest BCUT2D eigenvalue weighted by Crippen LogP contribution is 2.24. The van der Waals surface area contributed by atoms with Crippen LogP contribution in [0.3, 0.4) is 0 Å². The predicted molar refractivity (Wildman–Crippen MR) is 92.8 cm³/mol. The molecule has 1 fully saturated rings. The predicted octanol–water partition coefficient (Wildman–Crippen LogP) is 1.92. The lowest BCUT2D eigenvalue weighted by Gasteiger charge is -2.33. The molecule has 0 saturated carbocycles. The lowest BCUT2D eigenvalue weighted by molar-refractivity contribution is 0.143. The molecule has 1 aliphatic rings. The number of aromatic nitrogens is 3. The zero-order chi connectivity index (χ0) is 17.5. The van der Waals surface area contributed by atoms with Crippen LogP contribution in [0.25, 0.3) is 0 Å². The maximum Gasteiger partial charge on any atom is 0.315 e. The first-order valence-corrected chi connectivity index (χ1v) is 8.93. The van der Waals surface area contributed by atoms with E-state index in [4.69, 9.17) is 4.42 Å². The number of likely N-dealkylation sites (tertiary alicyclic amines) is 1. The van der Waals surface area contributed by atoms with Gasteiger partial charge in [-0.05, 0) is 45.0 Å². The van der Waals surface area contributed by atoms with Gasteiger partial charge < -0.3 is 19.6 Å². The van der Waals surface area contributed by atoms with Gasteiger partial charge in [0.05, 0.1) is 18.8 Å². The first-order chi connectivity index (χ1) is 12.3. The van der Waals surface area contributed by atoms with E-state index in [9.17, 15) is 4.79 Å². The van der Waals surface area contributed by atoms with Crippen LogP contribution in [-0.4, -0.2) is 45.3 Å². The molecule has 0 aromatic carbocycles. The molecule has 8 nitrogen and oxygen atoms in total. The molecule has 25 heavy (non-hydrogen) atoms. The van der Waals surface area contributed by atoms with Crippen molar-refractivity contribution in [3.05, 3.63) is 36.3 Å². The number of carbonyl (C=O) groups is 1. The van der Waals surface area contributed by atoms with Crippen molar-refractivity contribution in [2.45, 2.75) is 45.3 Å². The Morgan fingerprint density at radius 2 is 2.16 bits per heavy atom. The molecule has 2 aromatic heterocycles. The molecular formula is C17H26N6O2. The summed E-state index contributed by atoms with van der Waals surface area (Å²) in [6.45, 7) is 5.73. The lowest BCUT2D eigenvalue weighted by Crippen LogP contribution is -2.43. The van der Waals surface area contributed by atoms with Gasteiger partial charge in [0.1, 0.15) is 12.1 Å². The third-order valence-corrected chi connectivity index (χ3v) is 4.60. The molecule has 0 spiro atoms. The highest BCUT2D eigenvalue weighted by atomic mass is 16.3. The molecule has 2 amide bonds. The molecule has 1 saturated heterocycles. The molecule has 1 atom stereocenters. The number of hydrogen-bond acceptors (Lipinski definition) is 5. The van der Waals surface area contributed by atoms with Gasteiger partial charge in [0.15, 0.2) is 5.82 Å². The van der Waals surface area contributed by atoms with Gasteiger partial charge in [0.25, 0.3) is 0 Å². The quantitative estimate of drug-likeness (QED) is 0.800. The van der Waals surface area contributed by atoms with Crippen molar-refractivity contribution in [3.63, 3.8) is 0 Å². The second kappa shape index (κ2) is 8.66. The number of carbonyl (C=O) groups excluding carboxylic acids is 1. The maximum absolute atomic E-state index is 12.2. The van der Waals surface area contributed by atoms with E-state index in [2.05, 4.69) is 25.7 Å². The van der Waals surface area contributed by atoms with Crippen LogP contribution in [0.4, 0.5) is 4.79 Å². The van der Waals surface area contributed by atoms with Gasteiger partial charge in [-0.2, -0.15) is 0 Å². The van der Waals surface area contributed by atoms with E-state index >= 15 is 0 Å². The smallest absolute Gasteiger partial charge is 0.315 e. The monoisotopic (exact) mass is 346 g/mol. The standard InChI is InChI=1S/C17H26N6O2/c1-2-22-13-20-21-16(22)12-19-17(24)18-11-14(15-7-6-10-25-15)23-8-4-3-5-9-23/h6-7,10,13-14H,2-5,8-9,11-12H2,1H3,(H2,18,19,24). The first kappa shape index (κ1) is 17.5. The van der Waals surface area contributed by atoms with E-state index < -0.39 is 0 Å². The van der Waals surface area contributed by atoms with Gasteiger partial charge in [-0.15, -0.1) is 10.2 Å². The number of nitrogens with one attached hydrogen (secondary N) is 2. The summed E-state index contributed by atoms with van der Waals surface area (Å²) in [4.78, 5) is 14.6. The number of rotatable bonds is 7. The summed E-state index contributed by atoms with van der Waals surface area (Å²) < 4.78 is 7.50. The zero-order valence-corrected chi connectivity index (χ0v) is 14.6. The normalized spacial score (nSPS) is 16.5. The van der Waals surface area contributed by atoms with Crippen LogP contribution in [0.5, 0.6) is 0 Å². The van der Waals surface area contributed by atoms with Crippen molar-refractivity contribution in [2.24, 2.45) is 0 Å². The van der Waals surface area contributed by atoms with E-state index in [1.54, 1.807) is 12.6 Å². The van der Waals surface area contributed by atoms with Gasteiger partial charge in [0.2, 0.25) is 0 Å². The van der Waals surface area contributed by atoms with Gasteiger partial charge >= 0.3 is 6.03 Å². The summed E-state index contributed by atoms with van der Waals surface area (Å²) in [5, 5.41) is 13.7.